The molecule has 1 aromatic heterocycles. The fraction of sp³-hybridized carbons (Fsp3) is 0.158. The van der Waals surface area contributed by atoms with Gasteiger partial charge in [0.1, 0.15) is 17.4 Å². The molecule has 2 aromatic carbocycles. The van der Waals surface area contributed by atoms with Crippen LogP contribution in [0, 0.1) is 5.82 Å². The lowest BCUT2D eigenvalue weighted by atomic mass is 10.1. The largest absolute Gasteiger partial charge is 0.497 e. The number of halogens is 2. The second-order valence-electron chi connectivity index (χ2n) is 5.55. The van der Waals surface area contributed by atoms with E-state index in [-0.39, 0.29) is 5.02 Å². The highest BCUT2D eigenvalue weighted by Crippen LogP contribution is 2.22. The van der Waals surface area contributed by atoms with Gasteiger partial charge in [-0.15, -0.1) is 0 Å². The van der Waals surface area contributed by atoms with Gasteiger partial charge in [-0.2, -0.15) is 4.98 Å². The zero-order chi connectivity index (χ0) is 18.4. The van der Waals surface area contributed by atoms with Crippen molar-refractivity contribution in [2.75, 3.05) is 24.3 Å². The van der Waals surface area contributed by atoms with Crippen LogP contribution < -0.4 is 15.4 Å². The minimum absolute atomic E-state index is 0.0562. The summed E-state index contributed by atoms with van der Waals surface area (Å²) in [6.07, 6.45) is 2.46. The first-order chi connectivity index (χ1) is 12.6. The van der Waals surface area contributed by atoms with E-state index in [1.807, 2.05) is 24.3 Å². The number of nitrogens with one attached hydrogen (secondary N) is 2. The molecule has 7 heteroatoms. The first-order valence-corrected chi connectivity index (χ1v) is 8.44. The van der Waals surface area contributed by atoms with Crippen molar-refractivity contribution in [2.45, 2.75) is 6.42 Å². The van der Waals surface area contributed by atoms with Crippen molar-refractivity contribution in [2.24, 2.45) is 0 Å². The van der Waals surface area contributed by atoms with Crippen LogP contribution in [-0.4, -0.2) is 23.6 Å². The molecule has 3 rings (SSSR count). The molecule has 0 bridgehead atoms. The van der Waals surface area contributed by atoms with E-state index < -0.39 is 5.82 Å². The third-order valence-electron chi connectivity index (χ3n) is 3.68. The van der Waals surface area contributed by atoms with Crippen molar-refractivity contribution in [1.82, 2.24) is 9.97 Å². The molecule has 2 N–H and O–H groups in total. The number of hydrogen-bond donors (Lipinski definition) is 2. The summed E-state index contributed by atoms with van der Waals surface area (Å²) in [6.45, 7) is 0.680. The predicted octanol–water partition coefficient (Wildman–Crippen LogP) is 4.68. The minimum atomic E-state index is -0.459. The van der Waals surface area contributed by atoms with Crippen molar-refractivity contribution in [3.8, 4) is 5.75 Å². The van der Waals surface area contributed by atoms with E-state index in [4.69, 9.17) is 16.3 Å². The molecule has 134 valence electrons. The van der Waals surface area contributed by atoms with Crippen molar-refractivity contribution in [3.05, 3.63) is 71.1 Å². The van der Waals surface area contributed by atoms with Gasteiger partial charge in [0.25, 0.3) is 0 Å². The molecule has 0 aliphatic heterocycles. The first kappa shape index (κ1) is 17.9. The molecule has 0 saturated heterocycles. The van der Waals surface area contributed by atoms with Gasteiger partial charge in [-0.25, -0.2) is 9.37 Å². The molecule has 1 heterocycles. The summed E-state index contributed by atoms with van der Waals surface area (Å²) >= 11 is 5.79. The van der Waals surface area contributed by atoms with E-state index in [2.05, 4.69) is 20.6 Å². The lowest BCUT2D eigenvalue weighted by Gasteiger charge is -2.09. The van der Waals surface area contributed by atoms with Gasteiger partial charge in [0.2, 0.25) is 5.95 Å². The first-order valence-electron chi connectivity index (χ1n) is 8.06. The van der Waals surface area contributed by atoms with Gasteiger partial charge in [0.05, 0.1) is 12.1 Å². The monoisotopic (exact) mass is 372 g/mol. The maximum Gasteiger partial charge on any atom is 0.224 e. The molecule has 0 aliphatic carbocycles. The molecule has 0 unspecified atom stereocenters. The smallest absolute Gasteiger partial charge is 0.224 e. The van der Waals surface area contributed by atoms with Crippen LogP contribution >= 0.6 is 11.6 Å². The van der Waals surface area contributed by atoms with Crippen LogP contribution in [0.2, 0.25) is 5.02 Å². The highest BCUT2D eigenvalue weighted by atomic mass is 35.5. The Morgan fingerprint density at radius 2 is 2.04 bits per heavy atom. The number of nitrogens with zero attached hydrogens (tertiary/aromatic N) is 2. The van der Waals surface area contributed by atoms with Crippen LogP contribution in [0.3, 0.4) is 0 Å². The normalized spacial score (nSPS) is 10.4. The molecular weight excluding hydrogens is 355 g/mol. The molecule has 0 amide bonds. The maximum atomic E-state index is 13.2. The molecule has 26 heavy (non-hydrogen) atoms. The summed E-state index contributed by atoms with van der Waals surface area (Å²) in [4.78, 5) is 8.59. The Hall–Kier alpha value is -2.86. The highest BCUT2D eigenvalue weighted by molar-refractivity contribution is 6.31. The van der Waals surface area contributed by atoms with Gasteiger partial charge in [-0.05, 0) is 48.4 Å². The zero-order valence-electron chi connectivity index (χ0n) is 14.2. The van der Waals surface area contributed by atoms with Crippen LogP contribution in [0.1, 0.15) is 5.56 Å². The number of benzene rings is 2. The number of aromatic nitrogens is 2. The zero-order valence-corrected chi connectivity index (χ0v) is 14.9. The summed E-state index contributed by atoms with van der Waals surface area (Å²) in [5.74, 6) is 1.47. The van der Waals surface area contributed by atoms with Crippen molar-refractivity contribution in [1.29, 1.82) is 0 Å². The summed E-state index contributed by atoms with van der Waals surface area (Å²) in [5, 5.41) is 6.32. The average molecular weight is 373 g/mol. The van der Waals surface area contributed by atoms with Crippen molar-refractivity contribution >= 4 is 29.1 Å². The number of ether oxygens (including phenoxy) is 1. The van der Waals surface area contributed by atoms with Crippen LogP contribution in [0.5, 0.6) is 5.75 Å². The fourth-order valence-electron chi connectivity index (χ4n) is 2.38. The van der Waals surface area contributed by atoms with Gasteiger partial charge in [-0.1, -0.05) is 23.7 Å². The summed E-state index contributed by atoms with van der Waals surface area (Å²) in [7, 11) is 1.65. The Morgan fingerprint density at radius 3 is 2.85 bits per heavy atom. The quantitative estimate of drug-likeness (QED) is 0.630. The number of methoxy groups -OCH3 is 1. The van der Waals surface area contributed by atoms with Gasteiger partial charge >= 0.3 is 0 Å². The van der Waals surface area contributed by atoms with Gasteiger partial charge in [-0.3, -0.25) is 0 Å². The van der Waals surface area contributed by atoms with Gasteiger partial charge in [0.15, 0.2) is 0 Å². The number of rotatable bonds is 7. The molecular formula is C19H18ClFN4O. The van der Waals surface area contributed by atoms with Gasteiger partial charge < -0.3 is 15.4 Å². The van der Waals surface area contributed by atoms with Crippen LogP contribution in [0.4, 0.5) is 21.8 Å². The van der Waals surface area contributed by atoms with Crippen molar-refractivity contribution in [3.63, 3.8) is 0 Å². The average Bonchev–Trinajstić information content (AvgIpc) is 2.65. The van der Waals surface area contributed by atoms with E-state index >= 15 is 0 Å². The summed E-state index contributed by atoms with van der Waals surface area (Å²) in [6, 6.07) is 14.1. The molecule has 0 saturated carbocycles. The number of anilines is 3. The Morgan fingerprint density at radius 1 is 1.15 bits per heavy atom. The molecule has 0 radical (unpaired) electrons. The minimum Gasteiger partial charge on any atom is -0.497 e. The highest BCUT2D eigenvalue weighted by Gasteiger charge is 2.04. The Bertz CT molecular complexity index is 891. The predicted molar refractivity (Wildman–Crippen MR) is 102 cm³/mol. The summed E-state index contributed by atoms with van der Waals surface area (Å²) < 4.78 is 18.4. The van der Waals surface area contributed by atoms with E-state index in [0.29, 0.717) is 24.0 Å². The standard InChI is InChI=1S/C19H18ClFN4O/c1-26-15-4-2-3-13(11-15)7-9-22-19-23-10-8-18(25-19)24-14-5-6-17(21)16(20)12-14/h2-6,8,10-12H,7,9H2,1H3,(H2,22,23,24,25). The molecule has 0 aliphatic rings. The van der Waals surface area contributed by atoms with Crippen LogP contribution in [0.15, 0.2) is 54.7 Å². The Kier molecular flexibility index (Phi) is 5.86. The van der Waals surface area contributed by atoms with E-state index in [0.717, 1.165) is 17.7 Å². The Balaban J connectivity index is 1.59. The van der Waals surface area contributed by atoms with Gasteiger partial charge in [0, 0.05) is 18.4 Å². The lowest BCUT2D eigenvalue weighted by Crippen LogP contribution is -2.08. The molecule has 0 spiro atoms. The second kappa shape index (κ2) is 8.49. The van der Waals surface area contributed by atoms with Crippen LogP contribution in [-0.2, 0) is 6.42 Å². The molecule has 0 fully saturated rings. The van der Waals surface area contributed by atoms with Crippen LogP contribution in [0.25, 0.3) is 0 Å². The molecule has 5 nitrogen and oxygen atoms in total. The Labute approximate surface area is 156 Å². The summed E-state index contributed by atoms with van der Waals surface area (Å²) in [5.41, 5.74) is 1.81. The van der Waals surface area contributed by atoms with E-state index in [1.54, 1.807) is 25.4 Å². The third kappa shape index (κ3) is 4.83. The third-order valence-corrected chi connectivity index (χ3v) is 3.97. The SMILES string of the molecule is COc1cccc(CCNc2nccc(Nc3ccc(F)c(Cl)c3)n2)c1. The maximum absolute atomic E-state index is 13.2. The molecule has 0 atom stereocenters. The fourth-order valence-corrected chi connectivity index (χ4v) is 2.56. The van der Waals surface area contributed by atoms with E-state index in [1.165, 1.54) is 12.1 Å². The van der Waals surface area contributed by atoms with E-state index in [9.17, 15) is 4.39 Å². The topological polar surface area (TPSA) is 59.1 Å². The van der Waals surface area contributed by atoms with Crippen molar-refractivity contribution < 1.29 is 9.13 Å². The second-order valence-corrected chi connectivity index (χ2v) is 5.95. The molecule has 3 aromatic rings. The lowest BCUT2D eigenvalue weighted by molar-refractivity contribution is 0.414. The number of hydrogen-bond acceptors (Lipinski definition) is 5.